The molecular formula is C21H22BrNO5. The van der Waals surface area contributed by atoms with Gasteiger partial charge in [0.05, 0.1) is 14.2 Å². The fourth-order valence-corrected chi connectivity index (χ4v) is 2.79. The van der Waals surface area contributed by atoms with Crippen LogP contribution < -0.4 is 14.8 Å². The Hall–Kier alpha value is -2.80. The fourth-order valence-electron chi connectivity index (χ4n) is 2.52. The minimum absolute atomic E-state index is 0.277. The van der Waals surface area contributed by atoms with Crippen LogP contribution in [0.5, 0.6) is 11.5 Å². The summed E-state index contributed by atoms with van der Waals surface area (Å²) >= 11 is 3.34. The molecular weight excluding hydrogens is 426 g/mol. The molecule has 0 spiro atoms. The van der Waals surface area contributed by atoms with Gasteiger partial charge in [-0.1, -0.05) is 40.2 Å². The molecule has 2 rings (SSSR count). The molecule has 2 aromatic rings. The summed E-state index contributed by atoms with van der Waals surface area (Å²) in [5.74, 6) is -0.0779. The number of amides is 1. The Morgan fingerprint density at radius 2 is 1.86 bits per heavy atom. The van der Waals surface area contributed by atoms with Gasteiger partial charge in [-0.15, -0.1) is 6.58 Å². The molecule has 1 atom stereocenters. The molecule has 0 aliphatic heterocycles. The van der Waals surface area contributed by atoms with Crippen molar-refractivity contribution >= 4 is 27.8 Å². The fraction of sp³-hybridized carbons (Fsp3) is 0.238. The summed E-state index contributed by atoms with van der Waals surface area (Å²) in [6.45, 7) is 3.43. The maximum absolute atomic E-state index is 12.3. The van der Waals surface area contributed by atoms with Crippen LogP contribution in [0, 0.1) is 0 Å². The first kappa shape index (κ1) is 21.5. The molecule has 7 heteroatoms. The number of benzene rings is 2. The standard InChI is InChI=1S/C21H22BrNO5/c1-4-5-14-6-11-17(18(12-14)26-2)28-13-19(24)23-20(21(25)27-3)15-7-9-16(22)10-8-15/h4,6-12,20H,1,5,13H2,2-3H3,(H,23,24). The average Bonchev–Trinajstić information content (AvgIpc) is 2.71. The zero-order valence-electron chi connectivity index (χ0n) is 15.7. The Labute approximate surface area is 172 Å². The van der Waals surface area contributed by atoms with Crippen LogP contribution in [0.3, 0.4) is 0 Å². The molecule has 6 nitrogen and oxygen atoms in total. The maximum Gasteiger partial charge on any atom is 0.333 e. The van der Waals surface area contributed by atoms with Crippen molar-refractivity contribution in [1.29, 1.82) is 0 Å². The van der Waals surface area contributed by atoms with E-state index in [1.807, 2.05) is 12.1 Å². The predicted molar refractivity (Wildman–Crippen MR) is 109 cm³/mol. The largest absolute Gasteiger partial charge is 0.493 e. The number of carbonyl (C=O) groups excluding carboxylic acids is 2. The first-order chi connectivity index (χ1) is 13.5. The van der Waals surface area contributed by atoms with Crippen LogP contribution in [0.25, 0.3) is 0 Å². The van der Waals surface area contributed by atoms with Crippen LogP contribution in [-0.2, 0) is 20.7 Å². The first-order valence-electron chi connectivity index (χ1n) is 8.51. The first-order valence-corrected chi connectivity index (χ1v) is 9.31. The second-order valence-electron chi connectivity index (χ2n) is 5.84. The van der Waals surface area contributed by atoms with Gasteiger partial charge in [0.25, 0.3) is 5.91 Å². The molecule has 1 unspecified atom stereocenters. The van der Waals surface area contributed by atoms with Crippen LogP contribution >= 0.6 is 15.9 Å². The van der Waals surface area contributed by atoms with Crippen LogP contribution in [0.2, 0.25) is 0 Å². The van der Waals surface area contributed by atoms with Gasteiger partial charge in [0.15, 0.2) is 24.1 Å². The van der Waals surface area contributed by atoms with Crippen molar-refractivity contribution in [2.45, 2.75) is 12.5 Å². The molecule has 0 bridgehead atoms. The minimum atomic E-state index is -0.925. The van der Waals surface area contributed by atoms with Crippen molar-refractivity contribution in [3.05, 3.63) is 70.7 Å². The number of esters is 1. The monoisotopic (exact) mass is 447 g/mol. The molecule has 0 fully saturated rings. The van der Waals surface area contributed by atoms with Crippen molar-refractivity contribution in [2.24, 2.45) is 0 Å². The van der Waals surface area contributed by atoms with Gasteiger partial charge in [0.1, 0.15) is 0 Å². The van der Waals surface area contributed by atoms with Crippen molar-refractivity contribution < 1.29 is 23.8 Å². The number of ether oxygens (including phenoxy) is 3. The van der Waals surface area contributed by atoms with Gasteiger partial charge in [-0.3, -0.25) is 4.79 Å². The number of hydrogen-bond acceptors (Lipinski definition) is 5. The van der Waals surface area contributed by atoms with Gasteiger partial charge in [0.2, 0.25) is 0 Å². The van der Waals surface area contributed by atoms with Gasteiger partial charge in [-0.25, -0.2) is 4.79 Å². The Balaban J connectivity index is 2.06. The van der Waals surface area contributed by atoms with Crippen molar-refractivity contribution in [1.82, 2.24) is 5.32 Å². The van der Waals surface area contributed by atoms with Crippen molar-refractivity contribution in [3.8, 4) is 11.5 Å². The Morgan fingerprint density at radius 1 is 1.14 bits per heavy atom. The quantitative estimate of drug-likeness (QED) is 0.469. The lowest BCUT2D eigenvalue weighted by Crippen LogP contribution is -2.37. The number of halogens is 1. The van der Waals surface area contributed by atoms with E-state index in [1.165, 1.54) is 14.2 Å². The summed E-state index contributed by atoms with van der Waals surface area (Å²) in [6, 6.07) is 11.5. The van der Waals surface area contributed by atoms with Crippen LogP contribution in [0.4, 0.5) is 0 Å². The van der Waals surface area contributed by atoms with E-state index in [2.05, 4.69) is 27.8 Å². The topological polar surface area (TPSA) is 73.9 Å². The second-order valence-corrected chi connectivity index (χ2v) is 6.76. The van der Waals surface area contributed by atoms with E-state index in [1.54, 1.807) is 36.4 Å². The third-order valence-corrected chi connectivity index (χ3v) is 4.44. The number of hydrogen-bond donors (Lipinski definition) is 1. The van der Waals surface area contributed by atoms with Crippen molar-refractivity contribution in [3.63, 3.8) is 0 Å². The molecule has 0 aliphatic rings. The molecule has 0 aromatic heterocycles. The SMILES string of the molecule is C=CCc1ccc(OCC(=O)NC(C(=O)OC)c2ccc(Br)cc2)c(OC)c1. The van der Waals surface area contributed by atoms with E-state index in [4.69, 9.17) is 14.2 Å². The highest BCUT2D eigenvalue weighted by Crippen LogP contribution is 2.28. The van der Waals surface area contributed by atoms with E-state index in [0.29, 0.717) is 23.5 Å². The Morgan fingerprint density at radius 3 is 2.46 bits per heavy atom. The van der Waals surface area contributed by atoms with E-state index in [9.17, 15) is 9.59 Å². The third-order valence-electron chi connectivity index (χ3n) is 3.91. The molecule has 0 saturated heterocycles. The highest BCUT2D eigenvalue weighted by Gasteiger charge is 2.24. The zero-order chi connectivity index (χ0) is 20.5. The Bertz CT molecular complexity index is 835. The third kappa shape index (κ3) is 5.85. The molecule has 1 N–H and O–H groups in total. The number of methoxy groups -OCH3 is 2. The smallest absolute Gasteiger partial charge is 0.333 e. The highest BCUT2D eigenvalue weighted by atomic mass is 79.9. The number of allylic oxidation sites excluding steroid dienone is 1. The minimum Gasteiger partial charge on any atom is -0.493 e. The van der Waals surface area contributed by atoms with Crippen LogP contribution in [0.1, 0.15) is 17.2 Å². The Kier molecular flexibility index (Phi) is 8.07. The lowest BCUT2D eigenvalue weighted by atomic mass is 10.1. The number of rotatable bonds is 9. The van der Waals surface area contributed by atoms with Crippen molar-refractivity contribution in [2.75, 3.05) is 20.8 Å². The van der Waals surface area contributed by atoms with Gasteiger partial charge in [-0.05, 0) is 41.8 Å². The van der Waals surface area contributed by atoms with E-state index in [0.717, 1.165) is 10.0 Å². The van der Waals surface area contributed by atoms with Crippen LogP contribution in [-0.4, -0.2) is 32.7 Å². The maximum atomic E-state index is 12.3. The van der Waals surface area contributed by atoms with Gasteiger partial charge < -0.3 is 19.5 Å². The summed E-state index contributed by atoms with van der Waals surface area (Å²) in [5, 5.41) is 2.64. The van der Waals surface area contributed by atoms with Gasteiger partial charge >= 0.3 is 5.97 Å². The molecule has 148 valence electrons. The summed E-state index contributed by atoms with van der Waals surface area (Å²) < 4.78 is 16.5. The van der Waals surface area contributed by atoms with Crippen LogP contribution in [0.15, 0.2) is 59.6 Å². The zero-order valence-corrected chi connectivity index (χ0v) is 17.3. The summed E-state index contributed by atoms with van der Waals surface area (Å²) in [7, 11) is 2.80. The predicted octanol–water partition coefficient (Wildman–Crippen LogP) is 3.60. The van der Waals surface area contributed by atoms with E-state index >= 15 is 0 Å². The summed E-state index contributed by atoms with van der Waals surface area (Å²) in [6.07, 6.45) is 2.49. The molecule has 0 aliphatic carbocycles. The normalized spacial score (nSPS) is 11.2. The average molecular weight is 448 g/mol. The molecule has 28 heavy (non-hydrogen) atoms. The molecule has 1 amide bonds. The lowest BCUT2D eigenvalue weighted by molar-refractivity contribution is -0.145. The van der Waals surface area contributed by atoms with Gasteiger partial charge in [0, 0.05) is 4.47 Å². The molecule has 0 radical (unpaired) electrons. The molecule has 2 aromatic carbocycles. The highest BCUT2D eigenvalue weighted by molar-refractivity contribution is 9.10. The second kappa shape index (κ2) is 10.5. The van der Waals surface area contributed by atoms with E-state index < -0.39 is 17.9 Å². The summed E-state index contributed by atoms with van der Waals surface area (Å²) in [5.41, 5.74) is 1.62. The number of carbonyl (C=O) groups is 2. The van der Waals surface area contributed by atoms with Gasteiger partial charge in [-0.2, -0.15) is 0 Å². The number of nitrogens with one attached hydrogen (secondary N) is 1. The van der Waals surface area contributed by atoms with E-state index in [-0.39, 0.29) is 6.61 Å². The lowest BCUT2D eigenvalue weighted by Gasteiger charge is -2.18. The molecule has 0 saturated carbocycles. The summed E-state index contributed by atoms with van der Waals surface area (Å²) in [4.78, 5) is 24.4. The molecule has 0 heterocycles.